The molecule has 1 aliphatic rings. The van der Waals surface area contributed by atoms with Crippen LogP contribution in [0, 0.1) is 0 Å². The molecule has 2 atom stereocenters. The molecule has 0 aliphatic heterocycles. The van der Waals surface area contributed by atoms with Crippen molar-refractivity contribution in [3.8, 4) is 0 Å². The molecule has 2 aromatic rings. The van der Waals surface area contributed by atoms with Gasteiger partial charge in [-0.3, -0.25) is 10.1 Å². The Kier molecular flexibility index (Phi) is 6.53. The molecular formula is C22H26FNO2. The molecule has 0 spiro atoms. The van der Waals surface area contributed by atoms with Crippen molar-refractivity contribution in [1.29, 1.82) is 0 Å². The van der Waals surface area contributed by atoms with Crippen LogP contribution in [0.3, 0.4) is 0 Å². The van der Waals surface area contributed by atoms with Crippen LogP contribution in [-0.4, -0.2) is 29.3 Å². The molecule has 26 heavy (non-hydrogen) atoms. The van der Waals surface area contributed by atoms with E-state index in [4.69, 9.17) is 0 Å². The zero-order chi connectivity index (χ0) is 18.4. The van der Waals surface area contributed by atoms with Crippen LogP contribution in [0.25, 0.3) is 0 Å². The molecular weight excluding hydrogens is 329 g/mol. The standard InChI is InChI=1S/C22H26FNO2/c23-21(15-20(25)22(26)18-9-5-2-6-10-18)24-19-13-11-17(12-14-19)16-7-3-1-4-8-16/h1-10,17,19-21,24-25H,11-15H2. The Morgan fingerprint density at radius 3 is 2.19 bits per heavy atom. The Balaban J connectivity index is 1.44. The van der Waals surface area contributed by atoms with Gasteiger partial charge in [-0.05, 0) is 37.2 Å². The summed E-state index contributed by atoms with van der Waals surface area (Å²) >= 11 is 0. The van der Waals surface area contributed by atoms with Crippen molar-refractivity contribution in [2.45, 2.75) is 56.5 Å². The number of alkyl halides is 1. The number of aliphatic hydroxyl groups excluding tert-OH is 1. The summed E-state index contributed by atoms with van der Waals surface area (Å²) in [5.41, 5.74) is 1.77. The average Bonchev–Trinajstić information content (AvgIpc) is 2.69. The molecule has 0 amide bonds. The highest BCUT2D eigenvalue weighted by Gasteiger charge is 2.26. The number of Topliss-reactive ketones (excluding diaryl/α,β-unsaturated/α-hetero) is 1. The van der Waals surface area contributed by atoms with E-state index in [0.29, 0.717) is 11.5 Å². The minimum atomic E-state index is -1.38. The maximum Gasteiger partial charge on any atom is 0.191 e. The number of carbonyl (C=O) groups is 1. The third kappa shape index (κ3) is 4.99. The summed E-state index contributed by atoms with van der Waals surface area (Å²) in [6.45, 7) is 0. The molecule has 3 nitrogen and oxygen atoms in total. The molecule has 1 aliphatic carbocycles. The van der Waals surface area contributed by atoms with Crippen LogP contribution in [-0.2, 0) is 0 Å². The van der Waals surface area contributed by atoms with Crippen LogP contribution in [0.5, 0.6) is 0 Å². The van der Waals surface area contributed by atoms with Gasteiger partial charge in [-0.2, -0.15) is 0 Å². The Morgan fingerprint density at radius 2 is 1.58 bits per heavy atom. The van der Waals surface area contributed by atoms with Crippen molar-refractivity contribution in [3.63, 3.8) is 0 Å². The second kappa shape index (κ2) is 9.06. The minimum absolute atomic E-state index is 0.101. The fourth-order valence-corrected chi connectivity index (χ4v) is 3.74. The predicted octanol–water partition coefficient (Wildman–Crippen LogP) is 4.23. The van der Waals surface area contributed by atoms with Crippen LogP contribution in [0.4, 0.5) is 4.39 Å². The van der Waals surface area contributed by atoms with Gasteiger partial charge in [0.2, 0.25) is 0 Å². The monoisotopic (exact) mass is 355 g/mol. The highest BCUT2D eigenvalue weighted by atomic mass is 19.1. The molecule has 0 saturated heterocycles. The van der Waals surface area contributed by atoms with Crippen molar-refractivity contribution >= 4 is 5.78 Å². The lowest BCUT2D eigenvalue weighted by Gasteiger charge is -2.30. The van der Waals surface area contributed by atoms with Gasteiger partial charge >= 0.3 is 0 Å². The van der Waals surface area contributed by atoms with Crippen molar-refractivity contribution < 1.29 is 14.3 Å². The molecule has 2 N–H and O–H groups in total. The van der Waals surface area contributed by atoms with Crippen LogP contribution in [0.1, 0.15) is 53.9 Å². The molecule has 0 radical (unpaired) electrons. The molecule has 0 heterocycles. The van der Waals surface area contributed by atoms with E-state index in [0.717, 1.165) is 25.7 Å². The summed E-state index contributed by atoms with van der Waals surface area (Å²) in [6, 6.07) is 19.1. The van der Waals surface area contributed by atoms with Crippen molar-refractivity contribution in [2.24, 2.45) is 0 Å². The zero-order valence-electron chi connectivity index (χ0n) is 14.9. The first kappa shape index (κ1) is 18.7. The highest BCUT2D eigenvalue weighted by molar-refractivity contribution is 5.99. The Hall–Kier alpha value is -2.04. The zero-order valence-corrected chi connectivity index (χ0v) is 14.9. The van der Waals surface area contributed by atoms with Crippen molar-refractivity contribution in [3.05, 3.63) is 71.8 Å². The van der Waals surface area contributed by atoms with E-state index in [2.05, 4.69) is 29.6 Å². The number of halogens is 1. The summed E-state index contributed by atoms with van der Waals surface area (Å²) in [5, 5.41) is 13.0. The van der Waals surface area contributed by atoms with E-state index in [1.165, 1.54) is 5.56 Å². The molecule has 2 aromatic carbocycles. The maximum atomic E-state index is 14.3. The Morgan fingerprint density at radius 1 is 1.00 bits per heavy atom. The third-order valence-electron chi connectivity index (χ3n) is 5.21. The quantitative estimate of drug-likeness (QED) is 0.577. The lowest BCUT2D eigenvalue weighted by atomic mass is 9.82. The normalized spacial score (nSPS) is 22.5. The minimum Gasteiger partial charge on any atom is -0.385 e. The van der Waals surface area contributed by atoms with E-state index < -0.39 is 18.2 Å². The van der Waals surface area contributed by atoms with Gasteiger partial charge in [0.25, 0.3) is 0 Å². The van der Waals surface area contributed by atoms with E-state index in [-0.39, 0.29) is 12.5 Å². The van der Waals surface area contributed by atoms with E-state index in [1.807, 2.05) is 6.07 Å². The van der Waals surface area contributed by atoms with Crippen LogP contribution in [0.2, 0.25) is 0 Å². The van der Waals surface area contributed by atoms with Crippen LogP contribution in [0.15, 0.2) is 60.7 Å². The molecule has 3 rings (SSSR count). The molecule has 0 bridgehead atoms. The smallest absolute Gasteiger partial charge is 0.191 e. The topological polar surface area (TPSA) is 49.3 Å². The van der Waals surface area contributed by atoms with Gasteiger partial charge in [0.05, 0.1) is 0 Å². The van der Waals surface area contributed by atoms with Crippen molar-refractivity contribution in [1.82, 2.24) is 5.32 Å². The number of rotatable bonds is 7. The van der Waals surface area contributed by atoms with Crippen LogP contribution < -0.4 is 5.32 Å². The van der Waals surface area contributed by atoms with Gasteiger partial charge in [-0.15, -0.1) is 0 Å². The summed E-state index contributed by atoms with van der Waals surface area (Å²) < 4.78 is 14.3. The fourth-order valence-electron chi connectivity index (χ4n) is 3.74. The number of aliphatic hydroxyl groups is 1. The SMILES string of the molecule is O=C(c1ccccc1)C(O)CC(F)NC1CCC(c2ccccc2)CC1. The first-order chi connectivity index (χ1) is 12.6. The predicted molar refractivity (Wildman–Crippen MR) is 101 cm³/mol. The number of hydrogen-bond acceptors (Lipinski definition) is 3. The van der Waals surface area contributed by atoms with Crippen molar-refractivity contribution in [2.75, 3.05) is 0 Å². The maximum absolute atomic E-state index is 14.3. The van der Waals surface area contributed by atoms with Gasteiger partial charge in [0.1, 0.15) is 6.10 Å². The van der Waals surface area contributed by atoms with Gasteiger partial charge in [0, 0.05) is 18.0 Å². The molecule has 0 aromatic heterocycles. The lowest BCUT2D eigenvalue weighted by molar-refractivity contribution is 0.0620. The number of carbonyl (C=O) groups excluding carboxylic acids is 1. The second-order valence-electron chi connectivity index (χ2n) is 7.08. The Labute approximate surface area is 154 Å². The summed E-state index contributed by atoms with van der Waals surface area (Å²) in [7, 11) is 0. The summed E-state index contributed by atoms with van der Waals surface area (Å²) in [5.74, 6) is 0.111. The summed E-state index contributed by atoms with van der Waals surface area (Å²) in [4.78, 5) is 12.1. The number of benzene rings is 2. The highest BCUT2D eigenvalue weighted by Crippen LogP contribution is 2.33. The van der Waals surface area contributed by atoms with E-state index >= 15 is 0 Å². The first-order valence-electron chi connectivity index (χ1n) is 9.36. The van der Waals surface area contributed by atoms with E-state index in [1.54, 1.807) is 30.3 Å². The summed E-state index contributed by atoms with van der Waals surface area (Å²) in [6.07, 6.45) is 0.953. The number of ketones is 1. The van der Waals surface area contributed by atoms with Gasteiger partial charge in [-0.1, -0.05) is 60.7 Å². The van der Waals surface area contributed by atoms with Gasteiger partial charge in [-0.25, -0.2) is 4.39 Å². The average molecular weight is 355 g/mol. The van der Waals surface area contributed by atoms with Gasteiger partial charge in [0.15, 0.2) is 12.1 Å². The lowest BCUT2D eigenvalue weighted by Crippen LogP contribution is -2.40. The second-order valence-corrected chi connectivity index (χ2v) is 7.08. The number of hydrogen-bond donors (Lipinski definition) is 2. The largest absolute Gasteiger partial charge is 0.385 e. The molecule has 1 saturated carbocycles. The first-order valence-corrected chi connectivity index (χ1v) is 9.36. The number of nitrogens with one attached hydrogen (secondary N) is 1. The molecule has 2 unspecified atom stereocenters. The molecule has 4 heteroatoms. The molecule has 1 fully saturated rings. The van der Waals surface area contributed by atoms with E-state index in [9.17, 15) is 14.3 Å². The Bertz CT molecular complexity index is 684. The third-order valence-corrected chi connectivity index (χ3v) is 5.21. The molecule has 138 valence electrons. The fraction of sp³-hybridized carbons (Fsp3) is 0.409. The van der Waals surface area contributed by atoms with Gasteiger partial charge < -0.3 is 5.11 Å². The van der Waals surface area contributed by atoms with Crippen LogP contribution >= 0.6 is 0 Å².